The van der Waals surface area contributed by atoms with Gasteiger partial charge in [0, 0.05) is 0 Å². The molecule has 2 aromatic carbocycles. The number of hydrogen-bond donors (Lipinski definition) is 1. The van der Waals surface area contributed by atoms with Gasteiger partial charge in [0.2, 0.25) is 0 Å². The lowest BCUT2D eigenvalue weighted by Crippen LogP contribution is -2.10. The molecule has 1 saturated carbocycles. The molecule has 22 heavy (non-hydrogen) atoms. The Labute approximate surface area is 130 Å². The van der Waals surface area contributed by atoms with E-state index in [1.165, 1.54) is 0 Å². The Balaban J connectivity index is 1.53. The van der Waals surface area contributed by atoms with Crippen molar-refractivity contribution in [2.45, 2.75) is 31.8 Å². The van der Waals surface area contributed by atoms with Crippen molar-refractivity contribution in [1.82, 2.24) is 0 Å². The van der Waals surface area contributed by atoms with Gasteiger partial charge in [0.1, 0.15) is 5.75 Å². The molecule has 0 amide bonds. The summed E-state index contributed by atoms with van der Waals surface area (Å²) in [6.07, 6.45) is 3.80. The normalized spacial score (nSPS) is 15.3. The first kappa shape index (κ1) is 14.8. The van der Waals surface area contributed by atoms with Crippen molar-refractivity contribution in [3.63, 3.8) is 0 Å². The molecule has 0 bridgehead atoms. The average Bonchev–Trinajstić information content (AvgIpc) is 3.40. The van der Waals surface area contributed by atoms with Crippen LogP contribution in [0.4, 0.5) is 0 Å². The molecule has 1 unspecified atom stereocenters. The van der Waals surface area contributed by atoms with E-state index < -0.39 is 0 Å². The molecule has 1 N–H and O–H groups in total. The standard InChI is InChI=1S/C19H20O3/c20-18(15-9-10-15)13-8-14-6-11-17(12-7-14)22-19(21)16-4-2-1-3-5-16/h1-7,11-12,15,18,20H,8-10,13H2. The van der Waals surface area contributed by atoms with Crippen LogP contribution in [-0.4, -0.2) is 17.2 Å². The predicted molar refractivity (Wildman–Crippen MR) is 84.9 cm³/mol. The lowest BCUT2D eigenvalue weighted by atomic mass is 10.0. The van der Waals surface area contributed by atoms with Crippen LogP contribution < -0.4 is 4.74 Å². The van der Waals surface area contributed by atoms with Gasteiger partial charge < -0.3 is 9.84 Å². The molecule has 114 valence electrons. The fourth-order valence-corrected chi connectivity index (χ4v) is 2.50. The van der Waals surface area contributed by atoms with Crippen molar-refractivity contribution in [3.8, 4) is 5.75 Å². The fraction of sp³-hybridized carbons (Fsp3) is 0.316. The van der Waals surface area contributed by atoms with E-state index in [1.54, 1.807) is 24.3 Å². The van der Waals surface area contributed by atoms with Gasteiger partial charge in [-0.2, -0.15) is 0 Å². The van der Waals surface area contributed by atoms with E-state index in [-0.39, 0.29) is 12.1 Å². The predicted octanol–water partition coefficient (Wildman–Crippen LogP) is 3.61. The molecule has 3 nitrogen and oxygen atoms in total. The summed E-state index contributed by atoms with van der Waals surface area (Å²) in [5.74, 6) is 0.712. The first-order valence-electron chi connectivity index (χ1n) is 7.76. The molecule has 1 fully saturated rings. The Morgan fingerprint density at radius 3 is 2.41 bits per heavy atom. The molecule has 3 rings (SSSR count). The molecule has 1 aliphatic rings. The van der Waals surface area contributed by atoms with E-state index in [0.717, 1.165) is 31.2 Å². The lowest BCUT2D eigenvalue weighted by Gasteiger charge is -2.09. The molecule has 0 heterocycles. The van der Waals surface area contributed by atoms with Crippen LogP contribution in [0.15, 0.2) is 54.6 Å². The summed E-state index contributed by atoms with van der Waals surface area (Å²) in [6.45, 7) is 0. The summed E-state index contributed by atoms with van der Waals surface area (Å²) in [5.41, 5.74) is 1.69. The maximum atomic E-state index is 11.9. The van der Waals surface area contributed by atoms with Crippen molar-refractivity contribution < 1.29 is 14.6 Å². The molecule has 1 aliphatic carbocycles. The number of benzene rings is 2. The zero-order valence-electron chi connectivity index (χ0n) is 12.4. The maximum Gasteiger partial charge on any atom is 0.343 e. The van der Waals surface area contributed by atoms with E-state index in [1.807, 2.05) is 30.3 Å². The van der Waals surface area contributed by atoms with Gasteiger partial charge in [-0.1, -0.05) is 30.3 Å². The molecule has 0 saturated heterocycles. The largest absolute Gasteiger partial charge is 0.423 e. The van der Waals surface area contributed by atoms with E-state index in [2.05, 4.69) is 0 Å². The van der Waals surface area contributed by atoms with Crippen LogP contribution in [-0.2, 0) is 6.42 Å². The minimum absolute atomic E-state index is 0.171. The van der Waals surface area contributed by atoms with Gasteiger partial charge in [-0.05, 0) is 61.4 Å². The number of ether oxygens (including phenoxy) is 1. The highest BCUT2D eigenvalue weighted by molar-refractivity contribution is 5.90. The first-order chi connectivity index (χ1) is 10.7. The first-order valence-corrected chi connectivity index (χ1v) is 7.76. The van der Waals surface area contributed by atoms with E-state index in [9.17, 15) is 9.90 Å². The third-order valence-electron chi connectivity index (χ3n) is 4.04. The quantitative estimate of drug-likeness (QED) is 0.654. The smallest absolute Gasteiger partial charge is 0.343 e. The zero-order chi connectivity index (χ0) is 15.4. The Morgan fingerprint density at radius 1 is 1.09 bits per heavy atom. The number of aliphatic hydroxyl groups excluding tert-OH is 1. The Hall–Kier alpha value is -2.13. The van der Waals surface area contributed by atoms with Crippen molar-refractivity contribution in [1.29, 1.82) is 0 Å². The molecule has 0 aliphatic heterocycles. The molecule has 0 radical (unpaired) electrons. The van der Waals surface area contributed by atoms with E-state index in [4.69, 9.17) is 4.74 Å². The molecular formula is C19H20O3. The second-order valence-corrected chi connectivity index (χ2v) is 5.84. The van der Waals surface area contributed by atoms with Gasteiger partial charge in [0.25, 0.3) is 0 Å². The van der Waals surface area contributed by atoms with Gasteiger partial charge in [-0.15, -0.1) is 0 Å². The van der Waals surface area contributed by atoms with Crippen molar-refractivity contribution in [2.75, 3.05) is 0 Å². The van der Waals surface area contributed by atoms with E-state index >= 15 is 0 Å². The maximum absolute atomic E-state index is 11.9. The summed E-state index contributed by atoms with van der Waals surface area (Å²) in [7, 11) is 0. The Kier molecular flexibility index (Phi) is 4.54. The summed E-state index contributed by atoms with van der Waals surface area (Å²) in [5, 5.41) is 9.88. The highest BCUT2D eigenvalue weighted by atomic mass is 16.5. The molecular weight excluding hydrogens is 276 g/mol. The van der Waals surface area contributed by atoms with Gasteiger partial charge in [-0.3, -0.25) is 0 Å². The Morgan fingerprint density at radius 2 is 1.77 bits per heavy atom. The summed E-state index contributed by atoms with van der Waals surface area (Å²) >= 11 is 0. The molecule has 0 spiro atoms. The number of aliphatic hydroxyl groups is 1. The van der Waals surface area contributed by atoms with Crippen LogP contribution >= 0.6 is 0 Å². The number of rotatable bonds is 6. The van der Waals surface area contributed by atoms with E-state index in [0.29, 0.717) is 17.2 Å². The highest BCUT2D eigenvalue weighted by Gasteiger charge is 2.29. The monoisotopic (exact) mass is 296 g/mol. The van der Waals surface area contributed by atoms with Gasteiger partial charge >= 0.3 is 5.97 Å². The van der Waals surface area contributed by atoms with Crippen LogP contribution in [0.2, 0.25) is 0 Å². The van der Waals surface area contributed by atoms with Crippen LogP contribution in [0.3, 0.4) is 0 Å². The van der Waals surface area contributed by atoms with Crippen molar-refractivity contribution >= 4 is 5.97 Å². The molecule has 0 aromatic heterocycles. The minimum Gasteiger partial charge on any atom is -0.423 e. The van der Waals surface area contributed by atoms with Crippen LogP contribution in [0.5, 0.6) is 5.75 Å². The summed E-state index contributed by atoms with van der Waals surface area (Å²) in [6, 6.07) is 16.5. The third-order valence-corrected chi connectivity index (χ3v) is 4.04. The number of carbonyl (C=O) groups is 1. The average molecular weight is 296 g/mol. The van der Waals surface area contributed by atoms with Gasteiger partial charge in [-0.25, -0.2) is 4.79 Å². The fourth-order valence-electron chi connectivity index (χ4n) is 2.50. The summed E-state index contributed by atoms with van der Waals surface area (Å²) in [4.78, 5) is 11.9. The summed E-state index contributed by atoms with van der Waals surface area (Å²) < 4.78 is 5.34. The Bertz CT molecular complexity index is 615. The van der Waals surface area contributed by atoms with Gasteiger partial charge in [0.15, 0.2) is 0 Å². The number of carbonyl (C=O) groups excluding carboxylic acids is 1. The van der Waals surface area contributed by atoms with Crippen molar-refractivity contribution in [3.05, 3.63) is 65.7 Å². The molecule has 2 aromatic rings. The number of hydrogen-bond acceptors (Lipinski definition) is 3. The number of aryl methyl sites for hydroxylation is 1. The SMILES string of the molecule is O=C(Oc1ccc(CCC(O)C2CC2)cc1)c1ccccc1. The molecule has 1 atom stereocenters. The molecule has 3 heteroatoms. The zero-order valence-corrected chi connectivity index (χ0v) is 12.4. The van der Waals surface area contributed by atoms with Crippen LogP contribution in [0.25, 0.3) is 0 Å². The lowest BCUT2D eigenvalue weighted by molar-refractivity contribution is 0.0734. The van der Waals surface area contributed by atoms with Crippen molar-refractivity contribution in [2.24, 2.45) is 5.92 Å². The number of esters is 1. The van der Waals surface area contributed by atoms with Crippen LogP contribution in [0, 0.1) is 5.92 Å². The second-order valence-electron chi connectivity index (χ2n) is 5.84. The minimum atomic E-state index is -0.350. The third kappa shape index (κ3) is 3.95. The highest BCUT2D eigenvalue weighted by Crippen LogP contribution is 2.34. The second kappa shape index (κ2) is 6.75. The topological polar surface area (TPSA) is 46.5 Å². The van der Waals surface area contributed by atoms with Crippen LogP contribution in [0.1, 0.15) is 35.2 Å². The van der Waals surface area contributed by atoms with Gasteiger partial charge in [0.05, 0.1) is 11.7 Å².